The second-order valence-electron chi connectivity index (χ2n) is 5.13. The van der Waals surface area contributed by atoms with Gasteiger partial charge in [-0.05, 0) is 37.0 Å². The Morgan fingerprint density at radius 2 is 2.23 bits per heavy atom. The molecule has 1 nitrogen and oxygen atoms in total. The summed E-state index contributed by atoms with van der Waals surface area (Å²) in [7, 11) is 0. The van der Waals surface area contributed by atoms with Gasteiger partial charge in [0.2, 0.25) is 0 Å². The minimum atomic E-state index is 0.167. The van der Waals surface area contributed by atoms with Crippen molar-refractivity contribution in [2.24, 2.45) is 11.3 Å². The molecule has 1 atom stereocenters. The van der Waals surface area contributed by atoms with E-state index in [0.29, 0.717) is 6.61 Å². The van der Waals surface area contributed by atoms with Crippen LogP contribution in [0, 0.1) is 11.3 Å². The fourth-order valence-electron chi connectivity index (χ4n) is 1.91. The van der Waals surface area contributed by atoms with Gasteiger partial charge in [-0.1, -0.05) is 32.4 Å². The third-order valence-corrected chi connectivity index (χ3v) is 2.99. The molecule has 13 heavy (non-hydrogen) atoms. The van der Waals surface area contributed by atoms with E-state index < -0.39 is 0 Å². The van der Waals surface area contributed by atoms with E-state index in [1.165, 1.54) is 12.8 Å². The third kappa shape index (κ3) is 3.15. The number of rotatable bonds is 3. The van der Waals surface area contributed by atoms with E-state index in [4.69, 9.17) is 0 Å². The summed E-state index contributed by atoms with van der Waals surface area (Å²) in [5.74, 6) is 0.768. The van der Waals surface area contributed by atoms with Crippen LogP contribution in [0.3, 0.4) is 0 Å². The van der Waals surface area contributed by atoms with Gasteiger partial charge in [0.05, 0.1) is 0 Å². The van der Waals surface area contributed by atoms with E-state index in [1.807, 2.05) is 0 Å². The Hall–Kier alpha value is -0.300. The van der Waals surface area contributed by atoms with Crippen LogP contribution in [0.5, 0.6) is 0 Å². The van der Waals surface area contributed by atoms with Gasteiger partial charge in [0.15, 0.2) is 0 Å². The molecule has 0 aromatic rings. The summed E-state index contributed by atoms with van der Waals surface area (Å²) in [5, 5.41) is 9.19. The van der Waals surface area contributed by atoms with Crippen molar-refractivity contribution in [2.75, 3.05) is 6.61 Å². The van der Waals surface area contributed by atoms with E-state index in [9.17, 15) is 5.11 Å². The normalized spacial score (nSPS) is 29.2. The third-order valence-electron chi connectivity index (χ3n) is 2.99. The molecule has 0 saturated carbocycles. The van der Waals surface area contributed by atoms with E-state index in [-0.39, 0.29) is 5.41 Å². The molecule has 0 radical (unpaired) electrons. The minimum Gasteiger partial charge on any atom is -0.396 e. The molecule has 0 amide bonds. The Kier molecular flexibility index (Phi) is 3.55. The molecule has 0 bridgehead atoms. The van der Waals surface area contributed by atoms with Crippen molar-refractivity contribution >= 4 is 0 Å². The predicted molar refractivity (Wildman–Crippen MR) is 56.6 cm³/mol. The standard InChI is InChI=1S/C12H22O/c1-10(2)8-11-4-6-12(3,9-13)7-5-11/h4,10,13H,5-9H2,1-3H3. The van der Waals surface area contributed by atoms with Crippen LogP contribution in [0.25, 0.3) is 0 Å². The number of hydrogen-bond acceptors (Lipinski definition) is 1. The number of aliphatic hydroxyl groups excluding tert-OH is 1. The molecule has 76 valence electrons. The number of allylic oxidation sites excluding steroid dienone is 2. The highest BCUT2D eigenvalue weighted by Crippen LogP contribution is 2.36. The fourth-order valence-corrected chi connectivity index (χ4v) is 1.91. The monoisotopic (exact) mass is 182 g/mol. The maximum atomic E-state index is 9.19. The van der Waals surface area contributed by atoms with E-state index >= 15 is 0 Å². The number of hydrogen-bond donors (Lipinski definition) is 1. The summed E-state index contributed by atoms with van der Waals surface area (Å²) in [6, 6.07) is 0. The van der Waals surface area contributed by atoms with Gasteiger partial charge >= 0.3 is 0 Å². The summed E-state index contributed by atoms with van der Waals surface area (Å²) in [4.78, 5) is 0. The first-order valence-corrected chi connectivity index (χ1v) is 5.34. The lowest BCUT2D eigenvalue weighted by molar-refractivity contribution is 0.129. The minimum absolute atomic E-state index is 0.167. The zero-order chi connectivity index (χ0) is 9.90. The molecule has 0 fully saturated rings. The van der Waals surface area contributed by atoms with E-state index in [1.54, 1.807) is 5.57 Å². The maximum absolute atomic E-state index is 9.19. The SMILES string of the molecule is CC(C)CC1=CCC(C)(CO)CC1. The summed E-state index contributed by atoms with van der Waals surface area (Å²) >= 11 is 0. The summed E-state index contributed by atoms with van der Waals surface area (Å²) in [6.07, 6.45) is 6.99. The van der Waals surface area contributed by atoms with Crippen LogP contribution < -0.4 is 0 Å². The quantitative estimate of drug-likeness (QED) is 0.665. The molecule has 1 N–H and O–H groups in total. The van der Waals surface area contributed by atoms with Crippen LogP contribution in [-0.2, 0) is 0 Å². The Bertz CT molecular complexity index is 193. The predicted octanol–water partition coefficient (Wildman–Crippen LogP) is 3.14. The Morgan fingerprint density at radius 1 is 1.54 bits per heavy atom. The molecular formula is C12H22O. The average Bonchev–Trinajstić information content (AvgIpc) is 2.09. The highest BCUT2D eigenvalue weighted by molar-refractivity contribution is 5.09. The van der Waals surface area contributed by atoms with Crippen LogP contribution in [0.15, 0.2) is 11.6 Å². The van der Waals surface area contributed by atoms with Crippen molar-refractivity contribution in [3.8, 4) is 0 Å². The van der Waals surface area contributed by atoms with Gasteiger partial charge in [-0.3, -0.25) is 0 Å². The lowest BCUT2D eigenvalue weighted by Crippen LogP contribution is -2.23. The van der Waals surface area contributed by atoms with Crippen molar-refractivity contribution < 1.29 is 5.11 Å². The van der Waals surface area contributed by atoms with Crippen molar-refractivity contribution in [2.45, 2.75) is 46.5 Å². The van der Waals surface area contributed by atoms with Gasteiger partial charge in [0.25, 0.3) is 0 Å². The molecule has 1 heteroatoms. The molecule has 0 aromatic carbocycles. The molecular weight excluding hydrogens is 160 g/mol. The van der Waals surface area contributed by atoms with Crippen LogP contribution in [0.1, 0.15) is 46.5 Å². The highest BCUT2D eigenvalue weighted by atomic mass is 16.3. The lowest BCUT2D eigenvalue weighted by Gasteiger charge is -2.31. The largest absolute Gasteiger partial charge is 0.396 e. The van der Waals surface area contributed by atoms with Gasteiger partial charge in [0, 0.05) is 6.61 Å². The molecule has 0 aromatic heterocycles. The summed E-state index contributed by atoms with van der Waals surface area (Å²) in [6.45, 7) is 7.04. The van der Waals surface area contributed by atoms with Crippen molar-refractivity contribution in [3.05, 3.63) is 11.6 Å². The maximum Gasteiger partial charge on any atom is 0.0487 e. The van der Waals surface area contributed by atoms with Gasteiger partial charge in [-0.2, -0.15) is 0 Å². The van der Waals surface area contributed by atoms with Gasteiger partial charge < -0.3 is 5.11 Å². The first-order chi connectivity index (χ1) is 6.06. The first-order valence-electron chi connectivity index (χ1n) is 5.34. The van der Waals surface area contributed by atoms with Crippen LogP contribution in [0.4, 0.5) is 0 Å². The Labute approximate surface area is 81.9 Å². The molecule has 1 aliphatic rings. The first kappa shape index (κ1) is 10.8. The zero-order valence-electron chi connectivity index (χ0n) is 9.14. The molecule has 0 aliphatic heterocycles. The second kappa shape index (κ2) is 4.28. The second-order valence-corrected chi connectivity index (χ2v) is 5.13. The molecule has 0 heterocycles. The van der Waals surface area contributed by atoms with Crippen LogP contribution >= 0.6 is 0 Å². The van der Waals surface area contributed by atoms with Crippen molar-refractivity contribution in [3.63, 3.8) is 0 Å². The van der Waals surface area contributed by atoms with Gasteiger partial charge in [-0.15, -0.1) is 0 Å². The summed E-state index contributed by atoms with van der Waals surface area (Å²) in [5.41, 5.74) is 1.77. The smallest absolute Gasteiger partial charge is 0.0487 e. The fraction of sp³-hybridized carbons (Fsp3) is 0.833. The van der Waals surface area contributed by atoms with Crippen LogP contribution in [-0.4, -0.2) is 11.7 Å². The highest BCUT2D eigenvalue weighted by Gasteiger charge is 2.25. The molecule has 1 aliphatic carbocycles. The average molecular weight is 182 g/mol. The van der Waals surface area contributed by atoms with Crippen LogP contribution in [0.2, 0.25) is 0 Å². The molecule has 0 saturated heterocycles. The van der Waals surface area contributed by atoms with Gasteiger partial charge in [-0.25, -0.2) is 0 Å². The zero-order valence-corrected chi connectivity index (χ0v) is 9.14. The summed E-state index contributed by atoms with van der Waals surface area (Å²) < 4.78 is 0. The lowest BCUT2D eigenvalue weighted by atomic mass is 9.76. The molecule has 1 rings (SSSR count). The van der Waals surface area contributed by atoms with Gasteiger partial charge in [0.1, 0.15) is 0 Å². The molecule has 1 unspecified atom stereocenters. The topological polar surface area (TPSA) is 20.2 Å². The van der Waals surface area contributed by atoms with E-state index in [2.05, 4.69) is 26.8 Å². The molecule has 0 spiro atoms. The van der Waals surface area contributed by atoms with Crippen molar-refractivity contribution in [1.29, 1.82) is 0 Å². The van der Waals surface area contributed by atoms with E-state index in [0.717, 1.165) is 18.8 Å². The Balaban J connectivity index is 2.47. The Morgan fingerprint density at radius 3 is 2.62 bits per heavy atom. The van der Waals surface area contributed by atoms with Crippen molar-refractivity contribution in [1.82, 2.24) is 0 Å². The number of aliphatic hydroxyl groups is 1.